The molecule has 6 heteroatoms. The topological polar surface area (TPSA) is 51.0 Å². The van der Waals surface area contributed by atoms with E-state index >= 15 is 0 Å². The maximum atomic E-state index is 5.99. The lowest BCUT2D eigenvalue weighted by Gasteiger charge is -2.05. The van der Waals surface area contributed by atoms with Gasteiger partial charge < -0.3 is 9.84 Å². The van der Waals surface area contributed by atoms with Crippen LogP contribution in [-0.2, 0) is 12.8 Å². The van der Waals surface area contributed by atoms with Gasteiger partial charge in [-0.05, 0) is 30.7 Å². The van der Waals surface area contributed by atoms with Crippen LogP contribution < -0.4 is 5.32 Å². The average Bonchev–Trinajstić information content (AvgIpc) is 2.86. The molecule has 2 aromatic rings. The molecule has 0 bridgehead atoms. The van der Waals surface area contributed by atoms with Crippen molar-refractivity contribution in [3.63, 3.8) is 0 Å². The van der Waals surface area contributed by atoms with Gasteiger partial charge >= 0.3 is 0 Å². The van der Waals surface area contributed by atoms with Gasteiger partial charge in [0, 0.05) is 18.9 Å². The molecule has 0 unspecified atom stereocenters. The first-order valence-electron chi connectivity index (χ1n) is 7.03. The van der Waals surface area contributed by atoms with Gasteiger partial charge in [0.05, 0.1) is 10.0 Å². The second-order valence-electron chi connectivity index (χ2n) is 5.24. The van der Waals surface area contributed by atoms with Crippen LogP contribution in [0.5, 0.6) is 0 Å². The van der Waals surface area contributed by atoms with Crippen molar-refractivity contribution in [1.82, 2.24) is 15.5 Å². The lowest BCUT2D eigenvalue weighted by Crippen LogP contribution is -2.23. The number of nitrogens with one attached hydrogen (secondary N) is 1. The number of benzene rings is 1. The summed E-state index contributed by atoms with van der Waals surface area (Å²) in [6, 6.07) is 6.01. The molecule has 0 saturated heterocycles. The Morgan fingerprint density at radius 2 is 2.05 bits per heavy atom. The molecule has 21 heavy (non-hydrogen) atoms. The van der Waals surface area contributed by atoms with Crippen LogP contribution in [0.2, 0.25) is 10.0 Å². The molecule has 2 rings (SSSR count). The first kappa shape index (κ1) is 16.3. The zero-order valence-electron chi connectivity index (χ0n) is 12.2. The monoisotopic (exact) mass is 327 g/mol. The second-order valence-corrected chi connectivity index (χ2v) is 6.06. The van der Waals surface area contributed by atoms with Gasteiger partial charge in [0.15, 0.2) is 5.82 Å². The lowest BCUT2D eigenvalue weighted by molar-refractivity contribution is 0.369. The van der Waals surface area contributed by atoms with Crippen LogP contribution in [0.1, 0.15) is 37.5 Å². The number of halogens is 2. The molecule has 0 radical (unpaired) electrons. The van der Waals surface area contributed by atoms with Crippen molar-refractivity contribution in [1.29, 1.82) is 0 Å². The second kappa shape index (κ2) is 7.78. The summed E-state index contributed by atoms with van der Waals surface area (Å²) in [5.41, 5.74) is 1.01. The third-order valence-corrected chi connectivity index (χ3v) is 3.72. The molecule has 1 heterocycles. The van der Waals surface area contributed by atoms with Crippen molar-refractivity contribution < 1.29 is 4.52 Å². The quantitative estimate of drug-likeness (QED) is 0.783. The first-order valence-corrected chi connectivity index (χ1v) is 7.79. The van der Waals surface area contributed by atoms with Crippen LogP contribution in [0.3, 0.4) is 0 Å². The maximum absolute atomic E-state index is 5.99. The number of nitrogens with zero attached hydrogens (tertiary/aromatic N) is 2. The molecule has 114 valence electrons. The normalized spacial score (nSPS) is 11.3. The van der Waals surface area contributed by atoms with E-state index in [1.165, 1.54) is 0 Å². The van der Waals surface area contributed by atoms with E-state index in [1.54, 1.807) is 6.07 Å². The molecule has 1 aromatic heterocycles. The SMILES string of the molecule is CC(C)NCCCc1nc(Cc2ccc(Cl)c(Cl)c2)no1. The van der Waals surface area contributed by atoms with E-state index in [0.29, 0.717) is 34.2 Å². The molecule has 1 aromatic carbocycles. The minimum atomic E-state index is 0.498. The van der Waals surface area contributed by atoms with Crippen molar-refractivity contribution in [3.8, 4) is 0 Å². The highest BCUT2D eigenvalue weighted by Gasteiger charge is 2.08. The zero-order chi connectivity index (χ0) is 15.2. The number of hydrogen-bond acceptors (Lipinski definition) is 4. The summed E-state index contributed by atoms with van der Waals surface area (Å²) in [6.45, 7) is 5.20. The van der Waals surface area contributed by atoms with Crippen LogP contribution in [0.15, 0.2) is 22.7 Å². The van der Waals surface area contributed by atoms with Crippen molar-refractivity contribution in [2.75, 3.05) is 6.54 Å². The maximum Gasteiger partial charge on any atom is 0.226 e. The molecule has 0 amide bonds. The van der Waals surface area contributed by atoms with E-state index in [0.717, 1.165) is 24.9 Å². The van der Waals surface area contributed by atoms with Crippen LogP contribution in [-0.4, -0.2) is 22.7 Å². The molecule has 0 atom stereocenters. The van der Waals surface area contributed by atoms with Crippen LogP contribution in [0.25, 0.3) is 0 Å². The molecule has 0 aliphatic rings. The highest BCUT2D eigenvalue weighted by Crippen LogP contribution is 2.23. The molecular weight excluding hydrogens is 309 g/mol. The highest BCUT2D eigenvalue weighted by molar-refractivity contribution is 6.42. The van der Waals surface area contributed by atoms with Crippen molar-refractivity contribution in [2.24, 2.45) is 0 Å². The van der Waals surface area contributed by atoms with E-state index in [-0.39, 0.29) is 0 Å². The molecule has 0 fully saturated rings. The third kappa shape index (κ3) is 5.30. The van der Waals surface area contributed by atoms with Crippen LogP contribution in [0.4, 0.5) is 0 Å². The molecule has 0 saturated carbocycles. The van der Waals surface area contributed by atoms with Gasteiger partial charge in [-0.25, -0.2) is 0 Å². The standard InChI is InChI=1S/C15H19Cl2N3O/c1-10(2)18-7-3-4-15-19-14(20-21-15)9-11-5-6-12(16)13(17)8-11/h5-6,8,10,18H,3-4,7,9H2,1-2H3. The fraction of sp³-hybridized carbons (Fsp3) is 0.467. The number of aromatic nitrogens is 2. The van der Waals surface area contributed by atoms with Crippen molar-refractivity contribution >= 4 is 23.2 Å². The summed E-state index contributed by atoms with van der Waals surface area (Å²) in [4.78, 5) is 4.39. The van der Waals surface area contributed by atoms with Crippen LogP contribution >= 0.6 is 23.2 Å². The number of rotatable bonds is 7. The van der Waals surface area contributed by atoms with Gasteiger partial charge in [-0.15, -0.1) is 0 Å². The van der Waals surface area contributed by atoms with E-state index in [2.05, 4.69) is 29.3 Å². The minimum absolute atomic E-state index is 0.498. The van der Waals surface area contributed by atoms with E-state index in [9.17, 15) is 0 Å². The summed E-state index contributed by atoms with van der Waals surface area (Å²) < 4.78 is 5.25. The van der Waals surface area contributed by atoms with Crippen molar-refractivity contribution in [2.45, 2.75) is 39.2 Å². The Hall–Kier alpha value is -1.10. The Labute approximate surface area is 134 Å². The Morgan fingerprint density at radius 3 is 2.76 bits per heavy atom. The van der Waals surface area contributed by atoms with Gasteiger partial charge in [0.1, 0.15) is 0 Å². The summed E-state index contributed by atoms with van der Waals surface area (Å²) in [5.74, 6) is 1.34. The lowest BCUT2D eigenvalue weighted by atomic mass is 10.1. The summed E-state index contributed by atoms with van der Waals surface area (Å²) in [7, 11) is 0. The molecule has 1 N–H and O–H groups in total. The van der Waals surface area contributed by atoms with Crippen molar-refractivity contribution in [3.05, 3.63) is 45.5 Å². The van der Waals surface area contributed by atoms with Gasteiger partial charge in [-0.1, -0.05) is 48.3 Å². The van der Waals surface area contributed by atoms with Gasteiger partial charge in [-0.3, -0.25) is 0 Å². The molecular formula is C15H19Cl2N3O. The van der Waals surface area contributed by atoms with E-state index in [1.807, 2.05) is 12.1 Å². The fourth-order valence-electron chi connectivity index (χ4n) is 1.93. The van der Waals surface area contributed by atoms with Gasteiger partial charge in [0.2, 0.25) is 5.89 Å². The Morgan fingerprint density at radius 1 is 1.24 bits per heavy atom. The Kier molecular flexibility index (Phi) is 6.03. The Bertz CT molecular complexity index is 584. The largest absolute Gasteiger partial charge is 0.339 e. The first-order chi connectivity index (χ1) is 10.0. The average molecular weight is 328 g/mol. The zero-order valence-corrected chi connectivity index (χ0v) is 13.7. The molecule has 4 nitrogen and oxygen atoms in total. The third-order valence-electron chi connectivity index (χ3n) is 2.98. The van der Waals surface area contributed by atoms with E-state index in [4.69, 9.17) is 27.7 Å². The highest BCUT2D eigenvalue weighted by atomic mass is 35.5. The molecule has 0 aliphatic heterocycles. The van der Waals surface area contributed by atoms with Crippen LogP contribution in [0, 0.1) is 0 Å². The summed E-state index contributed by atoms with van der Waals surface area (Å²) in [6.07, 6.45) is 2.35. The van der Waals surface area contributed by atoms with Gasteiger partial charge in [-0.2, -0.15) is 4.98 Å². The fourth-order valence-corrected chi connectivity index (χ4v) is 2.25. The smallest absolute Gasteiger partial charge is 0.226 e. The number of aryl methyl sites for hydroxylation is 1. The molecule has 0 aliphatic carbocycles. The Balaban J connectivity index is 1.86. The predicted octanol–water partition coefficient (Wildman–Crippen LogP) is 3.90. The summed E-state index contributed by atoms with van der Waals surface area (Å²) in [5, 5.41) is 8.44. The van der Waals surface area contributed by atoms with E-state index < -0.39 is 0 Å². The molecule has 0 spiro atoms. The van der Waals surface area contributed by atoms with Gasteiger partial charge in [0.25, 0.3) is 0 Å². The minimum Gasteiger partial charge on any atom is -0.339 e. The summed E-state index contributed by atoms with van der Waals surface area (Å²) >= 11 is 11.9. The number of hydrogen-bond donors (Lipinski definition) is 1. The predicted molar refractivity (Wildman–Crippen MR) is 85.0 cm³/mol.